The molecule has 0 aliphatic carbocycles. The molecule has 366 valence electrons. The van der Waals surface area contributed by atoms with Crippen LogP contribution in [-0.4, -0.2) is 37.2 Å². The summed E-state index contributed by atoms with van der Waals surface area (Å²) in [5, 5.41) is 0. The Labute approximate surface area is 399 Å². The number of carbonyl (C=O) groups is 3. The van der Waals surface area contributed by atoms with Crippen LogP contribution < -0.4 is 0 Å². The van der Waals surface area contributed by atoms with E-state index in [2.05, 4.69) is 142 Å². The summed E-state index contributed by atoms with van der Waals surface area (Å²) in [6.45, 7) is 6.30. The number of esters is 3. The van der Waals surface area contributed by atoms with Crippen LogP contribution in [0.1, 0.15) is 213 Å². The molecule has 0 spiro atoms. The third-order valence-corrected chi connectivity index (χ3v) is 10.4. The lowest BCUT2D eigenvalue weighted by Gasteiger charge is -2.18. The van der Waals surface area contributed by atoms with E-state index < -0.39 is 6.10 Å². The van der Waals surface area contributed by atoms with Gasteiger partial charge in [-0.25, -0.2) is 0 Å². The number of ether oxygens (including phenoxy) is 3. The molecular formula is C59H94O6. The van der Waals surface area contributed by atoms with Crippen molar-refractivity contribution < 1.29 is 28.6 Å². The van der Waals surface area contributed by atoms with Gasteiger partial charge in [0, 0.05) is 19.3 Å². The van der Waals surface area contributed by atoms with Gasteiger partial charge in [0.25, 0.3) is 0 Å². The van der Waals surface area contributed by atoms with Crippen LogP contribution in [0, 0.1) is 0 Å². The normalized spacial score (nSPS) is 13.1. The molecule has 0 saturated carbocycles. The first-order chi connectivity index (χ1) is 32.0. The third kappa shape index (κ3) is 50.7. The summed E-state index contributed by atoms with van der Waals surface area (Å²) in [4.78, 5) is 38.0. The van der Waals surface area contributed by atoms with Gasteiger partial charge in [-0.2, -0.15) is 0 Å². The molecule has 0 unspecified atom stereocenters. The lowest BCUT2D eigenvalue weighted by molar-refractivity contribution is -0.167. The SMILES string of the molecule is CC/C=C\C/C=C\C/C=C\C/C=C\C/C=C\CCCCCC(=O)OC[C@H](COC(=O)CCCCCCC/C=C\CCCC)OC(=O)CCCCCC/C=C\C/C=C\C/C=C\C/C=C\CC. The van der Waals surface area contributed by atoms with Crippen molar-refractivity contribution in [1.82, 2.24) is 0 Å². The predicted molar refractivity (Wildman–Crippen MR) is 279 cm³/mol. The second-order valence-electron chi connectivity index (χ2n) is 16.7. The van der Waals surface area contributed by atoms with E-state index in [0.717, 1.165) is 148 Å². The zero-order chi connectivity index (χ0) is 47.2. The van der Waals surface area contributed by atoms with Gasteiger partial charge in [-0.3, -0.25) is 14.4 Å². The van der Waals surface area contributed by atoms with E-state index in [9.17, 15) is 14.4 Å². The van der Waals surface area contributed by atoms with Crippen molar-refractivity contribution in [3.63, 3.8) is 0 Å². The van der Waals surface area contributed by atoms with E-state index in [0.29, 0.717) is 12.8 Å². The van der Waals surface area contributed by atoms with Crippen LogP contribution >= 0.6 is 0 Å². The Bertz CT molecular complexity index is 1400. The Hall–Kier alpha value is -4.19. The topological polar surface area (TPSA) is 78.9 Å². The minimum Gasteiger partial charge on any atom is -0.462 e. The van der Waals surface area contributed by atoms with Gasteiger partial charge in [-0.15, -0.1) is 0 Å². The highest BCUT2D eigenvalue weighted by Crippen LogP contribution is 2.12. The van der Waals surface area contributed by atoms with Crippen LogP contribution in [0.3, 0.4) is 0 Å². The lowest BCUT2D eigenvalue weighted by Crippen LogP contribution is -2.30. The van der Waals surface area contributed by atoms with Crippen molar-refractivity contribution in [2.75, 3.05) is 13.2 Å². The van der Waals surface area contributed by atoms with Crippen LogP contribution in [0.15, 0.2) is 122 Å². The van der Waals surface area contributed by atoms with E-state index in [1.54, 1.807) is 0 Å². The van der Waals surface area contributed by atoms with Crippen molar-refractivity contribution in [2.45, 2.75) is 219 Å². The monoisotopic (exact) mass is 899 g/mol. The highest BCUT2D eigenvalue weighted by molar-refractivity contribution is 5.71. The molecule has 6 heteroatoms. The van der Waals surface area contributed by atoms with Gasteiger partial charge in [0.1, 0.15) is 13.2 Å². The highest BCUT2D eigenvalue weighted by atomic mass is 16.6. The molecule has 0 bridgehead atoms. The molecule has 0 fully saturated rings. The lowest BCUT2D eigenvalue weighted by atomic mass is 10.1. The Morgan fingerprint density at radius 3 is 0.969 bits per heavy atom. The Kier molecular flexibility index (Phi) is 49.1. The van der Waals surface area contributed by atoms with E-state index in [4.69, 9.17) is 14.2 Å². The zero-order valence-electron chi connectivity index (χ0n) is 41.7. The van der Waals surface area contributed by atoms with Gasteiger partial charge in [0.15, 0.2) is 6.10 Å². The molecule has 0 aromatic carbocycles. The Morgan fingerprint density at radius 2 is 0.600 bits per heavy atom. The van der Waals surface area contributed by atoms with Crippen LogP contribution in [-0.2, 0) is 28.6 Å². The van der Waals surface area contributed by atoms with Crippen LogP contribution in [0.5, 0.6) is 0 Å². The van der Waals surface area contributed by atoms with E-state index in [1.807, 2.05) is 0 Å². The molecule has 0 aliphatic heterocycles. The second kappa shape index (κ2) is 52.4. The summed E-state index contributed by atoms with van der Waals surface area (Å²) in [6.07, 6.45) is 71.8. The number of hydrogen-bond acceptors (Lipinski definition) is 6. The number of carbonyl (C=O) groups excluding carboxylic acids is 3. The zero-order valence-corrected chi connectivity index (χ0v) is 41.7. The summed E-state index contributed by atoms with van der Waals surface area (Å²) < 4.78 is 16.7. The minimum absolute atomic E-state index is 0.107. The van der Waals surface area contributed by atoms with E-state index >= 15 is 0 Å². The van der Waals surface area contributed by atoms with Crippen molar-refractivity contribution in [3.05, 3.63) is 122 Å². The van der Waals surface area contributed by atoms with Gasteiger partial charge in [-0.1, -0.05) is 194 Å². The molecule has 0 rings (SSSR count). The van der Waals surface area contributed by atoms with Gasteiger partial charge >= 0.3 is 17.9 Å². The highest BCUT2D eigenvalue weighted by Gasteiger charge is 2.19. The molecule has 0 aliphatic rings. The number of unbranched alkanes of at least 4 members (excludes halogenated alkanes) is 14. The molecule has 0 aromatic rings. The Morgan fingerprint density at radius 1 is 0.323 bits per heavy atom. The number of rotatable bonds is 45. The average Bonchev–Trinajstić information content (AvgIpc) is 3.30. The van der Waals surface area contributed by atoms with Crippen molar-refractivity contribution in [1.29, 1.82) is 0 Å². The van der Waals surface area contributed by atoms with Crippen LogP contribution in [0.25, 0.3) is 0 Å². The second-order valence-corrected chi connectivity index (χ2v) is 16.7. The molecule has 0 aromatic heterocycles. The van der Waals surface area contributed by atoms with Crippen molar-refractivity contribution >= 4 is 17.9 Å². The average molecular weight is 899 g/mol. The largest absolute Gasteiger partial charge is 0.462 e. The summed E-state index contributed by atoms with van der Waals surface area (Å²) >= 11 is 0. The summed E-state index contributed by atoms with van der Waals surface area (Å²) in [5.41, 5.74) is 0. The molecule has 65 heavy (non-hydrogen) atoms. The summed E-state index contributed by atoms with van der Waals surface area (Å²) in [5.74, 6) is -0.981. The molecular weight excluding hydrogens is 805 g/mol. The number of hydrogen-bond donors (Lipinski definition) is 0. The minimum atomic E-state index is -0.811. The molecule has 0 amide bonds. The molecule has 0 N–H and O–H groups in total. The van der Waals surface area contributed by atoms with Crippen molar-refractivity contribution in [2.24, 2.45) is 0 Å². The van der Waals surface area contributed by atoms with Crippen LogP contribution in [0.4, 0.5) is 0 Å². The molecule has 1 atom stereocenters. The van der Waals surface area contributed by atoms with Crippen LogP contribution in [0.2, 0.25) is 0 Å². The fourth-order valence-electron chi connectivity index (χ4n) is 6.56. The number of allylic oxidation sites excluding steroid dienone is 20. The first kappa shape index (κ1) is 60.8. The maximum Gasteiger partial charge on any atom is 0.306 e. The Balaban J connectivity index is 4.50. The third-order valence-electron chi connectivity index (χ3n) is 10.4. The standard InChI is InChI=1S/C59H94O6/c1-4-7-10-13-16-19-22-24-26-28-29-31-32-34-37-40-43-46-49-52-58(61)64-55-56(54-63-57(60)51-48-45-42-39-36-21-18-15-12-9-6-3)65-59(62)53-50-47-44-41-38-35-33-30-27-25-23-20-17-14-11-8-5-2/h7-8,10-11,15-20,24-27,29,31,33-35,37,56H,4-6,9,12-14,21-23,28,30,32,36,38-55H2,1-3H3/b10-7-,11-8-,18-15-,19-16-,20-17-,26-24-,27-25-,31-29-,35-33-,37-34-/t56-/m0/s1. The molecule has 0 heterocycles. The quantitative estimate of drug-likeness (QED) is 0.0262. The van der Waals surface area contributed by atoms with Crippen molar-refractivity contribution in [3.8, 4) is 0 Å². The van der Waals surface area contributed by atoms with Gasteiger partial charge in [-0.05, 0) is 122 Å². The summed E-state index contributed by atoms with van der Waals surface area (Å²) in [6, 6.07) is 0. The fraction of sp³-hybridized carbons (Fsp3) is 0.610. The predicted octanol–water partition coefficient (Wildman–Crippen LogP) is 17.3. The van der Waals surface area contributed by atoms with E-state index in [1.165, 1.54) is 25.7 Å². The van der Waals surface area contributed by atoms with E-state index in [-0.39, 0.29) is 37.5 Å². The van der Waals surface area contributed by atoms with Gasteiger partial charge in [0.2, 0.25) is 0 Å². The first-order valence-electron chi connectivity index (χ1n) is 26.0. The smallest absolute Gasteiger partial charge is 0.306 e. The fourth-order valence-corrected chi connectivity index (χ4v) is 6.56. The maximum atomic E-state index is 12.8. The van der Waals surface area contributed by atoms with Gasteiger partial charge in [0.05, 0.1) is 0 Å². The van der Waals surface area contributed by atoms with Gasteiger partial charge < -0.3 is 14.2 Å². The molecule has 0 saturated heterocycles. The molecule has 6 nitrogen and oxygen atoms in total. The first-order valence-corrected chi connectivity index (χ1v) is 26.0. The maximum absolute atomic E-state index is 12.8. The summed E-state index contributed by atoms with van der Waals surface area (Å²) in [7, 11) is 0. The molecule has 0 radical (unpaired) electrons.